The van der Waals surface area contributed by atoms with Crippen molar-refractivity contribution in [1.29, 1.82) is 5.26 Å². The number of hydrogen-bond donors (Lipinski definition) is 4. The number of anilines is 1. The molecule has 24 heavy (non-hydrogen) atoms. The van der Waals surface area contributed by atoms with E-state index in [0.717, 1.165) is 50.4 Å². The van der Waals surface area contributed by atoms with E-state index < -0.39 is 0 Å². The largest absolute Gasteiger partial charge is 0.355 e. The van der Waals surface area contributed by atoms with E-state index in [4.69, 9.17) is 10.7 Å². The topological polar surface area (TPSA) is 102 Å². The lowest BCUT2D eigenvalue weighted by Crippen LogP contribution is -2.49. The van der Waals surface area contributed by atoms with Crippen LogP contribution in [-0.2, 0) is 0 Å². The molecular weight excluding hydrogens is 302 g/mol. The molecule has 0 aromatic carbocycles. The van der Waals surface area contributed by atoms with Gasteiger partial charge >= 0.3 is 0 Å². The average molecular weight is 327 g/mol. The van der Waals surface area contributed by atoms with E-state index in [1.807, 2.05) is 0 Å². The van der Waals surface area contributed by atoms with E-state index in [9.17, 15) is 5.26 Å². The summed E-state index contributed by atoms with van der Waals surface area (Å²) >= 11 is 0. The fraction of sp³-hybridized carbons (Fsp3) is 0.647. The minimum absolute atomic E-state index is 0.0706. The van der Waals surface area contributed by atoms with Crippen molar-refractivity contribution in [2.75, 3.05) is 24.5 Å². The van der Waals surface area contributed by atoms with Crippen LogP contribution in [0.1, 0.15) is 31.0 Å². The second kappa shape index (κ2) is 6.65. The molecule has 4 unspecified atom stereocenters. The normalized spacial score (nSPS) is 36.2. The Kier molecular flexibility index (Phi) is 4.37. The van der Waals surface area contributed by atoms with Gasteiger partial charge in [-0.3, -0.25) is 5.43 Å². The highest BCUT2D eigenvalue weighted by molar-refractivity contribution is 5.41. The van der Waals surface area contributed by atoms with Crippen molar-refractivity contribution < 1.29 is 0 Å². The van der Waals surface area contributed by atoms with E-state index in [0.29, 0.717) is 12.0 Å². The summed E-state index contributed by atoms with van der Waals surface area (Å²) in [5.41, 5.74) is 13.9. The standard InChI is InChI=1S/C17H25N7/c18-8-12-7-13-15(9-20-12)22-23-17(13)14-4-1-5-16(21-14)24-6-2-3-11(19)10-24/h1,4-5,11-13,15,17,20,22-23H,2-3,6-7,9-10,19H2/t11-,12?,13?,15?,17?/m1/s1. The summed E-state index contributed by atoms with van der Waals surface area (Å²) in [6.07, 6.45) is 3.06. The molecule has 3 aliphatic rings. The second-order valence-corrected chi connectivity index (χ2v) is 7.13. The molecule has 5 atom stereocenters. The smallest absolute Gasteiger partial charge is 0.128 e. The molecule has 0 saturated carbocycles. The Morgan fingerprint density at radius 3 is 3.08 bits per heavy atom. The Balaban J connectivity index is 1.54. The highest BCUT2D eigenvalue weighted by Gasteiger charge is 2.41. The summed E-state index contributed by atoms with van der Waals surface area (Å²) < 4.78 is 0. The van der Waals surface area contributed by atoms with Gasteiger partial charge in [0, 0.05) is 37.6 Å². The lowest BCUT2D eigenvalue weighted by atomic mass is 9.83. The molecule has 0 aliphatic carbocycles. The zero-order valence-corrected chi connectivity index (χ0v) is 13.8. The first-order chi connectivity index (χ1) is 11.7. The minimum Gasteiger partial charge on any atom is -0.355 e. The van der Waals surface area contributed by atoms with Crippen LogP contribution in [0.5, 0.6) is 0 Å². The number of nitrogens with two attached hydrogens (primary N) is 1. The van der Waals surface area contributed by atoms with Crippen LogP contribution < -0.4 is 26.8 Å². The van der Waals surface area contributed by atoms with E-state index in [1.165, 1.54) is 0 Å². The number of rotatable bonds is 2. The molecule has 0 bridgehead atoms. The fourth-order valence-corrected chi connectivity index (χ4v) is 4.17. The molecule has 4 rings (SSSR count). The molecule has 0 radical (unpaired) electrons. The number of nitrogens with zero attached hydrogens (tertiary/aromatic N) is 3. The fourth-order valence-electron chi connectivity index (χ4n) is 4.17. The molecule has 7 nitrogen and oxygen atoms in total. The molecule has 1 aromatic heterocycles. The molecule has 0 spiro atoms. The number of pyridine rings is 1. The highest BCUT2D eigenvalue weighted by atomic mass is 15.4. The monoisotopic (exact) mass is 327 g/mol. The van der Waals surface area contributed by atoms with Gasteiger partial charge in [-0.05, 0) is 31.4 Å². The zero-order chi connectivity index (χ0) is 16.5. The van der Waals surface area contributed by atoms with Crippen LogP contribution in [0.3, 0.4) is 0 Å². The Labute approximate surface area is 142 Å². The van der Waals surface area contributed by atoms with Gasteiger partial charge in [-0.1, -0.05) is 6.07 Å². The van der Waals surface area contributed by atoms with E-state index in [2.05, 4.69) is 45.3 Å². The third-order valence-corrected chi connectivity index (χ3v) is 5.47. The van der Waals surface area contributed by atoms with Crippen molar-refractivity contribution in [3.05, 3.63) is 23.9 Å². The van der Waals surface area contributed by atoms with E-state index >= 15 is 0 Å². The maximum atomic E-state index is 9.22. The Bertz CT molecular complexity index is 628. The second-order valence-electron chi connectivity index (χ2n) is 7.13. The maximum absolute atomic E-state index is 9.22. The summed E-state index contributed by atoms with van der Waals surface area (Å²) in [4.78, 5) is 7.21. The molecule has 3 aliphatic heterocycles. The van der Waals surface area contributed by atoms with Gasteiger partial charge in [-0.25, -0.2) is 10.4 Å². The van der Waals surface area contributed by atoms with E-state index in [1.54, 1.807) is 0 Å². The van der Waals surface area contributed by atoms with Crippen molar-refractivity contribution in [2.45, 2.75) is 43.4 Å². The Morgan fingerprint density at radius 1 is 1.33 bits per heavy atom. The highest BCUT2D eigenvalue weighted by Crippen LogP contribution is 2.34. The van der Waals surface area contributed by atoms with Crippen molar-refractivity contribution >= 4 is 5.82 Å². The molecule has 3 fully saturated rings. The number of piperidine rings is 2. The summed E-state index contributed by atoms with van der Waals surface area (Å²) in [7, 11) is 0. The van der Waals surface area contributed by atoms with Crippen molar-refractivity contribution in [3.8, 4) is 6.07 Å². The van der Waals surface area contributed by atoms with Gasteiger partial charge in [0.2, 0.25) is 0 Å². The first kappa shape index (κ1) is 15.8. The van der Waals surface area contributed by atoms with Gasteiger partial charge in [0.25, 0.3) is 0 Å². The molecule has 4 heterocycles. The van der Waals surface area contributed by atoms with Crippen molar-refractivity contribution in [1.82, 2.24) is 21.2 Å². The predicted octanol–water partition coefficient (Wildman–Crippen LogP) is 0.0283. The third kappa shape index (κ3) is 2.98. The number of aromatic nitrogens is 1. The molecule has 3 saturated heterocycles. The number of hydrogen-bond acceptors (Lipinski definition) is 7. The van der Waals surface area contributed by atoms with Crippen LogP contribution >= 0.6 is 0 Å². The quantitative estimate of drug-likeness (QED) is 0.608. The minimum atomic E-state index is -0.0706. The molecule has 0 amide bonds. The van der Waals surface area contributed by atoms with E-state index in [-0.39, 0.29) is 18.1 Å². The van der Waals surface area contributed by atoms with Gasteiger partial charge < -0.3 is 16.0 Å². The number of nitrogens with one attached hydrogen (secondary N) is 3. The first-order valence-corrected chi connectivity index (χ1v) is 8.86. The Hall–Kier alpha value is -1.72. The van der Waals surface area contributed by atoms with Crippen molar-refractivity contribution in [2.24, 2.45) is 11.7 Å². The molecule has 5 N–H and O–H groups in total. The van der Waals surface area contributed by atoms with Crippen LogP contribution in [0, 0.1) is 17.2 Å². The Morgan fingerprint density at radius 2 is 2.25 bits per heavy atom. The van der Waals surface area contributed by atoms with Crippen LogP contribution in [0.15, 0.2) is 18.2 Å². The molecule has 7 heteroatoms. The van der Waals surface area contributed by atoms with Gasteiger partial charge in [0.1, 0.15) is 5.82 Å². The molecular formula is C17H25N7. The zero-order valence-electron chi connectivity index (χ0n) is 13.8. The summed E-state index contributed by atoms with van der Waals surface area (Å²) in [5.74, 6) is 1.39. The lowest BCUT2D eigenvalue weighted by molar-refractivity contribution is 0.291. The summed E-state index contributed by atoms with van der Waals surface area (Å²) in [6.45, 7) is 2.71. The number of nitriles is 1. The lowest BCUT2D eigenvalue weighted by Gasteiger charge is -2.33. The van der Waals surface area contributed by atoms with Crippen LogP contribution in [-0.4, -0.2) is 42.7 Å². The first-order valence-electron chi connectivity index (χ1n) is 8.86. The molecule has 1 aromatic rings. The summed E-state index contributed by atoms with van der Waals surface area (Å²) in [6, 6.07) is 9.23. The average Bonchev–Trinajstić information content (AvgIpc) is 3.05. The predicted molar refractivity (Wildman–Crippen MR) is 92.0 cm³/mol. The van der Waals surface area contributed by atoms with Gasteiger partial charge in [-0.15, -0.1) is 0 Å². The van der Waals surface area contributed by atoms with Crippen LogP contribution in [0.2, 0.25) is 0 Å². The number of fused-ring (bicyclic) bond motifs is 1. The number of hydrazine groups is 1. The molecule has 128 valence electrons. The maximum Gasteiger partial charge on any atom is 0.128 e. The van der Waals surface area contributed by atoms with Gasteiger partial charge in [0.15, 0.2) is 0 Å². The third-order valence-electron chi connectivity index (χ3n) is 5.47. The van der Waals surface area contributed by atoms with Gasteiger partial charge in [0.05, 0.1) is 23.8 Å². The summed E-state index contributed by atoms with van der Waals surface area (Å²) in [5, 5.41) is 12.5. The van der Waals surface area contributed by atoms with Crippen LogP contribution in [0.25, 0.3) is 0 Å². The van der Waals surface area contributed by atoms with Crippen LogP contribution in [0.4, 0.5) is 5.82 Å². The van der Waals surface area contributed by atoms with Crippen molar-refractivity contribution in [3.63, 3.8) is 0 Å². The van der Waals surface area contributed by atoms with Gasteiger partial charge in [-0.2, -0.15) is 5.26 Å². The SMILES string of the molecule is N#CC1CC2C(CN1)NNC2c1cccc(N2CCC[C@@H](N)C2)n1.